The van der Waals surface area contributed by atoms with E-state index < -0.39 is 8.56 Å². The first-order chi connectivity index (χ1) is 10.9. The molecule has 0 bridgehead atoms. The smallest absolute Gasteiger partial charge is 0.343 e. The van der Waals surface area contributed by atoms with Crippen LogP contribution in [-0.4, -0.2) is 22.8 Å². The van der Waals surface area contributed by atoms with Gasteiger partial charge in [0.25, 0.3) is 0 Å². The molecule has 0 aliphatic heterocycles. The molecule has 0 rings (SSSR count). The van der Waals surface area contributed by atoms with Crippen molar-refractivity contribution in [3.8, 4) is 0 Å². The van der Waals surface area contributed by atoms with Crippen LogP contribution < -0.4 is 0 Å². The van der Waals surface area contributed by atoms with Gasteiger partial charge in [-0.2, -0.15) is 0 Å². The van der Waals surface area contributed by atoms with Crippen LogP contribution in [0.15, 0.2) is 0 Å². The van der Waals surface area contributed by atoms with E-state index in [-0.39, 0.29) is 5.04 Å². The standard InChI is InChI=1S/C20H44O2Si/c1-8-10-11-12-13-14-15-16-18-23(21-6,22-7)20(4,5)19(3)17-9-2/h19H,8-18H2,1-7H3. The Morgan fingerprint density at radius 2 is 1.26 bits per heavy atom. The molecule has 140 valence electrons. The summed E-state index contributed by atoms with van der Waals surface area (Å²) in [6.07, 6.45) is 13.4. The largest absolute Gasteiger partial charge is 0.397 e. The molecule has 0 N–H and O–H groups in total. The molecule has 0 fully saturated rings. The monoisotopic (exact) mass is 344 g/mol. The van der Waals surface area contributed by atoms with Crippen LogP contribution in [0.5, 0.6) is 0 Å². The summed E-state index contributed by atoms with van der Waals surface area (Å²) >= 11 is 0. The van der Waals surface area contributed by atoms with Gasteiger partial charge in [0.1, 0.15) is 0 Å². The topological polar surface area (TPSA) is 18.5 Å². The number of unbranched alkanes of at least 4 members (excludes halogenated alkanes) is 7. The minimum Gasteiger partial charge on any atom is -0.397 e. The second-order valence-corrected chi connectivity index (χ2v) is 11.9. The minimum atomic E-state index is -2.15. The van der Waals surface area contributed by atoms with Crippen molar-refractivity contribution >= 4 is 8.56 Å². The molecule has 1 unspecified atom stereocenters. The van der Waals surface area contributed by atoms with Crippen molar-refractivity contribution in [1.29, 1.82) is 0 Å². The summed E-state index contributed by atoms with van der Waals surface area (Å²) in [7, 11) is 1.60. The van der Waals surface area contributed by atoms with E-state index in [0.717, 1.165) is 6.04 Å². The lowest BCUT2D eigenvalue weighted by molar-refractivity contribution is 0.183. The first-order valence-corrected chi connectivity index (χ1v) is 12.0. The van der Waals surface area contributed by atoms with Gasteiger partial charge in [-0.1, -0.05) is 98.8 Å². The lowest BCUT2D eigenvalue weighted by Crippen LogP contribution is -2.52. The maximum Gasteiger partial charge on any atom is 0.343 e. The van der Waals surface area contributed by atoms with Gasteiger partial charge in [0.2, 0.25) is 0 Å². The molecule has 3 heteroatoms. The van der Waals surface area contributed by atoms with Gasteiger partial charge in [-0.15, -0.1) is 0 Å². The molecule has 0 aliphatic carbocycles. The average molecular weight is 345 g/mol. The van der Waals surface area contributed by atoms with Crippen LogP contribution in [-0.2, 0) is 8.85 Å². The van der Waals surface area contributed by atoms with Crippen molar-refractivity contribution in [3.05, 3.63) is 0 Å². The first kappa shape index (κ1) is 23.1. The summed E-state index contributed by atoms with van der Waals surface area (Å²) in [6.45, 7) is 11.7. The zero-order valence-electron chi connectivity index (χ0n) is 17.2. The summed E-state index contributed by atoms with van der Waals surface area (Å²) in [6, 6.07) is 1.13. The second-order valence-electron chi connectivity index (χ2n) is 7.80. The Bertz CT molecular complexity index is 275. The summed E-state index contributed by atoms with van der Waals surface area (Å²) in [5.74, 6) is 0.646. The van der Waals surface area contributed by atoms with Gasteiger partial charge >= 0.3 is 8.56 Å². The number of hydrogen-bond donors (Lipinski definition) is 0. The van der Waals surface area contributed by atoms with Crippen molar-refractivity contribution in [2.24, 2.45) is 5.92 Å². The molecular formula is C20H44O2Si. The van der Waals surface area contributed by atoms with Crippen molar-refractivity contribution in [2.75, 3.05) is 14.2 Å². The van der Waals surface area contributed by atoms with Crippen molar-refractivity contribution in [3.63, 3.8) is 0 Å². The van der Waals surface area contributed by atoms with E-state index in [1.807, 2.05) is 14.2 Å². The average Bonchev–Trinajstić information content (AvgIpc) is 2.54. The minimum absolute atomic E-state index is 0.160. The van der Waals surface area contributed by atoms with Crippen LogP contribution in [0.25, 0.3) is 0 Å². The Balaban J connectivity index is 4.38. The SMILES string of the molecule is CCCCCCCCCC[Si](OC)(OC)C(C)(C)C(C)CCC. The summed E-state index contributed by atoms with van der Waals surface area (Å²) in [5.41, 5.74) is 0. The predicted molar refractivity (Wildman–Crippen MR) is 105 cm³/mol. The fraction of sp³-hybridized carbons (Fsp3) is 1.00. The van der Waals surface area contributed by atoms with Crippen LogP contribution in [0.3, 0.4) is 0 Å². The van der Waals surface area contributed by atoms with E-state index in [4.69, 9.17) is 8.85 Å². The van der Waals surface area contributed by atoms with Crippen LogP contribution in [0.1, 0.15) is 98.8 Å². The van der Waals surface area contributed by atoms with Gasteiger partial charge in [-0.05, 0) is 12.0 Å². The quantitative estimate of drug-likeness (QED) is 0.233. The van der Waals surface area contributed by atoms with E-state index in [0.29, 0.717) is 5.92 Å². The van der Waals surface area contributed by atoms with E-state index in [9.17, 15) is 0 Å². The zero-order chi connectivity index (χ0) is 17.8. The Morgan fingerprint density at radius 1 is 0.783 bits per heavy atom. The highest BCUT2D eigenvalue weighted by Crippen LogP contribution is 2.49. The van der Waals surface area contributed by atoms with E-state index in [1.54, 1.807) is 0 Å². The fourth-order valence-corrected chi connectivity index (χ4v) is 7.68. The Morgan fingerprint density at radius 3 is 1.70 bits per heavy atom. The molecule has 0 aromatic rings. The van der Waals surface area contributed by atoms with E-state index >= 15 is 0 Å². The van der Waals surface area contributed by atoms with E-state index in [1.165, 1.54) is 64.2 Å². The lowest BCUT2D eigenvalue weighted by Gasteiger charge is -2.45. The summed E-state index contributed by atoms with van der Waals surface area (Å²) < 4.78 is 12.2. The molecule has 1 atom stereocenters. The lowest BCUT2D eigenvalue weighted by atomic mass is 9.92. The molecule has 0 heterocycles. The summed E-state index contributed by atoms with van der Waals surface area (Å²) in [4.78, 5) is 0. The number of hydrogen-bond acceptors (Lipinski definition) is 2. The molecule has 23 heavy (non-hydrogen) atoms. The molecule has 0 saturated carbocycles. The van der Waals surface area contributed by atoms with Crippen LogP contribution in [0.4, 0.5) is 0 Å². The van der Waals surface area contributed by atoms with Gasteiger partial charge in [-0.25, -0.2) is 0 Å². The van der Waals surface area contributed by atoms with Crippen molar-refractivity contribution < 1.29 is 8.85 Å². The maximum absolute atomic E-state index is 6.10. The highest BCUT2D eigenvalue weighted by atomic mass is 28.4. The Hall–Kier alpha value is 0.137. The van der Waals surface area contributed by atoms with Crippen LogP contribution in [0.2, 0.25) is 11.1 Å². The summed E-state index contributed by atoms with van der Waals surface area (Å²) in [5, 5.41) is 0.160. The molecule has 0 radical (unpaired) electrons. The van der Waals surface area contributed by atoms with Crippen LogP contribution >= 0.6 is 0 Å². The molecule has 0 amide bonds. The second kappa shape index (κ2) is 12.5. The maximum atomic E-state index is 6.10. The molecule has 0 aromatic heterocycles. The molecule has 2 nitrogen and oxygen atoms in total. The molecule has 0 aromatic carbocycles. The van der Waals surface area contributed by atoms with E-state index in [2.05, 4.69) is 34.6 Å². The third kappa shape index (κ3) is 7.27. The van der Waals surface area contributed by atoms with Crippen molar-refractivity contribution in [1.82, 2.24) is 0 Å². The molecule has 0 saturated heterocycles. The molecular weight excluding hydrogens is 300 g/mol. The molecule has 0 aliphatic rings. The van der Waals surface area contributed by atoms with Gasteiger partial charge < -0.3 is 8.85 Å². The van der Waals surface area contributed by atoms with Gasteiger partial charge in [-0.3, -0.25) is 0 Å². The van der Waals surface area contributed by atoms with Crippen molar-refractivity contribution in [2.45, 2.75) is 110 Å². The third-order valence-corrected chi connectivity index (χ3v) is 10.7. The fourth-order valence-electron chi connectivity index (χ4n) is 3.80. The normalized spacial score (nSPS) is 14.2. The van der Waals surface area contributed by atoms with Gasteiger partial charge in [0.05, 0.1) is 0 Å². The highest BCUT2D eigenvalue weighted by Gasteiger charge is 2.52. The highest BCUT2D eigenvalue weighted by molar-refractivity contribution is 6.70. The predicted octanol–water partition coefficient (Wildman–Crippen LogP) is 7.08. The van der Waals surface area contributed by atoms with Crippen LogP contribution in [0, 0.1) is 5.92 Å². The Labute approximate surface area is 148 Å². The van der Waals surface area contributed by atoms with Gasteiger partial charge in [0.15, 0.2) is 0 Å². The Kier molecular flexibility index (Phi) is 12.6. The third-order valence-electron chi connectivity index (χ3n) is 5.95. The first-order valence-electron chi connectivity index (χ1n) is 10.0. The number of rotatable bonds is 15. The zero-order valence-corrected chi connectivity index (χ0v) is 18.2. The van der Waals surface area contributed by atoms with Gasteiger partial charge in [0, 0.05) is 19.3 Å². The molecule has 0 spiro atoms.